The van der Waals surface area contributed by atoms with Gasteiger partial charge in [-0.15, -0.1) is 5.10 Å². The van der Waals surface area contributed by atoms with Gasteiger partial charge in [0, 0.05) is 31.8 Å². The van der Waals surface area contributed by atoms with Crippen LogP contribution in [-0.4, -0.2) is 50.0 Å². The Balaban J connectivity index is 1.34. The van der Waals surface area contributed by atoms with Crippen molar-refractivity contribution in [3.8, 4) is 5.88 Å². The van der Waals surface area contributed by atoms with Gasteiger partial charge in [-0.2, -0.15) is 0 Å². The molecule has 0 aromatic carbocycles. The Morgan fingerprint density at radius 2 is 2.21 bits per heavy atom. The SMILES string of the molecule is CCn1cc(C(=O)N2CCC(Oc3ccc(C4CC4)cn3)C2)nn1. The van der Waals surface area contributed by atoms with Gasteiger partial charge in [0.1, 0.15) is 6.10 Å². The minimum atomic E-state index is -0.0853. The maximum absolute atomic E-state index is 12.4. The lowest BCUT2D eigenvalue weighted by molar-refractivity contribution is 0.0765. The highest BCUT2D eigenvalue weighted by Crippen LogP contribution is 2.39. The van der Waals surface area contributed by atoms with Crippen molar-refractivity contribution in [3.63, 3.8) is 0 Å². The monoisotopic (exact) mass is 327 g/mol. The predicted octanol–water partition coefficient (Wildman–Crippen LogP) is 1.86. The van der Waals surface area contributed by atoms with E-state index in [0.29, 0.717) is 37.1 Å². The van der Waals surface area contributed by atoms with Crippen LogP contribution in [0, 0.1) is 0 Å². The topological polar surface area (TPSA) is 73.1 Å². The van der Waals surface area contributed by atoms with E-state index < -0.39 is 0 Å². The summed E-state index contributed by atoms with van der Waals surface area (Å²) >= 11 is 0. The van der Waals surface area contributed by atoms with Crippen LogP contribution in [0.1, 0.15) is 48.2 Å². The molecule has 0 bridgehead atoms. The smallest absolute Gasteiger partial charge is 0.276 e. The molecule has 126 valence electrons. The van der Waals surface area contributed by atoms with E-state index in [4.69, 9.17) is 4.74 Å². The zero-order valence-corrected chi connectivity index (χ0v) is 13.8. The average molecular weight is 327 g/mol. The van der Waals surface area contributed by atoms with Crippen molar-refractivity contribution >= 4 is 5.91 Å². The molecule has 24 heavy (non-hydrogen) atoms. The number of likely N-dealkylation sites (tertiary alicyclic amines) is 1. The number of amides is 1. The Labute approximate surface area is 140 Å². The van der Waals surface area contributed by atoms with Gasteiger partial charge in [-0.3, -0.25) is 9.48 Å². The molecule has 1 saturated carbocycles. The summed E-state index contributed by atoms with van der Waals surface area (Å²) < 4.78 is 7.58. The minimum Gasteiger partial charge on any atom is -0.472 e. The van der Waals surface area contributed by atoms with E-state index in [2.05, 4.69) is 21.4 Å². The fraction of sp³-hybridized carbons (Fsp3) is 0.529. The quantitative estimate of drug-likeness (QED) is 0.838. The van der Waals surface area contributed by atoms with Crippen LogP contribution < -0.4 is 4.74 Å². The molecule has 1 atom stereocenters. The number of rotatable bonds is 5. The summed E-state index contributed by atoms with van der Waals surface area (Å²) in [7, 11) is 0. The Morgan fingerprint density at radius 1 is 1.33 bits per heavy atom. The molecule has 1 unspecified atom stereocenters. The molecule has 4 rings (SSSR count). The highest BCUT2D eigenvalue weighted by Gasteiger charge is 2.30. The molecule has 1 aliphatic carbocycles. The van der Waals surface area contributed by atoms with Crippen molar-refractivity contribution in [3.05, 3.63) is 35.8 Å². The van der Waals surface area contributed by atoms with Gasteiger partial charge in [-0.05, 0) is 31.2 Å². The first-order valence-corrected chi connectivity index (χ1v) is 8.55. The molecular formula is C17H21N5O2. The van der Waals surface area contributed by atoms with Crippen LogP contribution in [0.4, 0.5) is 0 Å². The summed E-state index contributed by atoms with van der Waals surface area (Å²) in [4.78, 5) is 18.6. The Bertz CT molecular complexity index is 723. The first kappa shape index (κ1) is 15.1. The third-order valence-corrected chi connectivity index (χ3v) is 4.61. The summed E-state index contributed by atoms with van der Waals surface area (Å²) in [6.45, 7) is 3.89. The number of aryl methyl sites for hydroxylation is 1. The van der Waals surface area contributed by atoms with Crippen molar-refractivity contribution in [2.45, 2.75) is 44.8 Å². The number of carbonyl (C=O) groups is 1. The normalized spacial score (nSPS) is 20.4. The third kappa shape index (κ3) is 3.11. The molecule has 2 fully saturated rings. The van der Waals surface area contributed by atoms with Crippen molar-refractivity contribution in [2.75, 3.05) is 13.1 Å². The van der Waals surface area contributed by atoms with E-state index in [1.807, 2.05) is 19.2 Å². The van der Waals surface area contributed by atoms with Gasteiger partial charge < -0.3 is 9.64 Å². The van der Waals surface area contributed by atoms with Crippen LogP contribution in [0.15, 0.2) is 24.5 Å². The van der Waals surface area contributed by atoms with Crippen molar-refractivity contribution < 1.29 is 9.53 Å². The van der Waals surface area contributed by atoms with E-state index >= 15 is 0 Å². The molecule has 0 spiro atoms. The van der Waals surface area contributed by atoms with Crippen LogP contribution in [-0.2, 0) is 6.54 Å². The average Bonchev–Trinajstić information content (AvgIpc) is 3.17. The number of pyridine rings is 1. The van der Waals surface area contributed by atoms with Crippen LogP contribution in [0.25, 0.3) is 0 Å². The van der Waals surface area contributed by atoms with Gasteiger partial charge in [-0.25, -0.2) is 4.98 Å². The molecule has 7 heteroatoms. The first-order chi connectivity index (χ1) is 11.7. The van der Waals surface area contributed by atoms with Crippen LogP contribution in [0.5, 0.6) is 5.88 Å². The van der Waals surface area contributed by atoms with Crippen molar-refractivity contribution in [1.82, 2.24) is 24.9 Å². The second-order valence-electron chi connectivity index (χ2n) is 6.44. The third-order valence-electron chi connectivity index (χ3n) is 4.61. The number of hydrogen-bond donors (Lipinski definition) is 0. The maximum atomic E-state index is 12.4. The predicted molar refractivity (Wildman–Crippen MR) is 86.8 cm³/mol. The Morgan fingerprint density at radius 3 is 2.88 bits per heavy atom. The lowest BCUT2D eigenvalue weighted by atomic mass is 10.2. The van der Waals surface area contributed by atoms with E-state index in [1.165, 1.54) is 18.4 Å². The molecule has 1 saturated heterocycles. The zero-order valence-electron chi connectivity index (χ0n) is 13.8. The fourth-order valence-electron chi connectivity index (χ4n) is 3.01. The second kappa shape index (κ2) is 6.22. The lowest BCUT2D eigenvalue weighted by Crippen LogP contribution is -2.31. The summed E-state index contributed by atoms with van der Waals surface area (Å²) in [6.07, 6.45) is 6.92. The van der Waals surface area contributed by atoms with Crippen LogP contribution in [0.3, 0.4) is 0 Å². The number of carbonyl (C=O) groups excluding carboxylic acids is 1. The largest absolute Gasteiger partial charge is 0.472 e. The minimum absolute atomic E-state index is 0.0190. The van der Waals surface area contributed by atoms with Crippen LogP contribution >= 0.6 is 0 Å². The zero-order chi connectivity index (χ0) is 16.5. The molecule has 2 aromatic rings. The Hall–Kier alpha value is -2.44. The lowest BCUT2D eigenvalue weighted by Gasteiger charge is -2.15. The van der Waals surface area contributed by atoms with Crippen LogP contribution in [0.2, 0.25) is 0 Å². The molecule has 0 radical (unpaired) electrons. The summed E-state index contributed by atoms with van der Waals surface area (Å²) in [5.41, 5.74) is 1.69. The van der Waals surface area contributed by atoms with Gasteiger partial charge in [0.15, 0.2) is 5.69 Å². The van der Waals surface area contributed by atoms with E-state index in [9.17, 15) is 4.79 Å². The van der Waals surface area contributed by atoms with Crippen molar-refractivity contribution in [1.29, 1.82) is 0 Å². The highest BCUT2D eigenvalue weighted by atomic mass is 16.5. The number of hydrogen-bond acceptors (Lipinski definition) is 5. The molecule has 1 amide bonds. The van der Waals surface area contributed by atoms with E-state index in [-0.39, 0.29) is 12.0 Å². The first-order valence-electron chi connectivity index (χ1n) is 8.55. The molecular weight excluding hydrogens is 306 g/mol. The van der Waals surface area contributed by atoms with E-state index in [0.717, 1.165) is 6.42 Å². The standard InChI is InChI=1S/C17H21N5O2/c1-2-22-11-15(19-20-22)17(23)21-8-7-14(10-21)24-16-6-5-13(9-18-16)12-3-4-12/h5-6,9,11-12,14H,2-4,7-8,10H2,1H3. The van der Waals surface area contributed by atoms with E-state index in [1.54, 1.807) is 15.8 Å². The fourth-order valence-corrected chi connectivity index (χ4v) is 3.01. The second-order valence-corrected chi connectivity index (χ2v) is 6.44. The Kier molecular flexibility index (Phi) is 3.92. The van der Waals surface area contributed by atoms with Gasteiger partial charge >= 0.3 is 0 Å². The maximum Gasteiger partial charge on any atom is 0.276 e. The number of nitrogens with zero attached hydrogens (tertiary/aromatic N) is 5. The van der Waals surface area contributed by atoms with Gasteiger partial charge in [0.05, 0.1) is 12.7 Å². The number of ether oxygens (including phenoxy) is 1. The summed E-state index contributed by atoms with van der Waals surface area (Å²) in [6, 6.07) is 4.03. The summed E-state index contributed by atoms with van der Waals surface area (Å²) in [5, 5.41) is 7.86. The molecule has 2 aliphatic rings. The van der Waals surface area contributed by atoms with Gasteiger partial charge in [-0.1, -0.05) is 11.3 Å². The van der Waals surface area contributed by atoms with Crippen molar-refractivity contribution in [2.24, 2.45) is 0 Å². The summed E-state index contributed by atoms with van der Waals surface area (Å²) in [5.74, 6) is 1.25. The van der Waals surface area contributed by atoms with Gasteiger partial charge in [0.25, 0.3) is 5.91 Å². The highest BCUT2D eigenvalue weighted by molar-refractivity contribution is 5.92. The molecule has 7 nitrogen and oxygen atoms in total. The molecule has 0 N–H and O–H groups in total. The molecule has 2 aromatic heterocycles. The molecule has 3 heterocycles. The van der Waals surface area contributed by atoms with Gasteiger partial charge in [0.2, 0.25) is 5.88 Å². The number of aromatic nitrogens is 4. The molecule has 1 aliphatic heterocycles.